The minimum absolute atomic E-state index is 0.136. The van der Waals surface area contributed by atoms with E-state index in [4.69, 9.17) is 0 Å². The molecule has 1 aromatic rings. The Morgan fingerprint density at radius 2 is 2.00 bits per heavy atom. The van der Waals surface area contributed by atoms with Gasteiger partial charge in [0.05, 0.1) is 6.17 Å². The number of nitrogens with one attached hydrogen (secondary N) is 2. The highest BCUT2D eigenvalue weighted by molar-refractivity contribution is 5.37. The number of phenolic OH excluding ortho intramolecular Hbond substituents is 1. The lowest BCUT2D eigenvalue weighted by atomic mass is 10.1. The summed E-state index contributed by atoms with van der Waals surface area (Å²) in [5.41, 5.74) is 1.04. The van der Waals surface area contributed by atoms with Gasteiger partial charge in [0, 0.05) is 18.7 Å². The molecule has 1 fully saturated rings. The molecule has 0 spiro atoms. The lowest BCUT2D eigenvalue weighted by molar-refractivity contribution is 0.460. The maximum absolute atomic E-state index is 13.5. The average Bonchev–Trinajstić information content (AvgIpc) is 2.64. The molecule has 0 bridgehead atoms. The van der Waals surface area contributed by atoms with Crippen molar-refractivity contribution >= 4 is 0 Å². The molecule has 14 heavy (non-hydrogen) atoms. The number of halogens is 1. The van der Waals surface area contributed by atoms with E-state index in [1.807, 2.05) is 0 Å². The molecule has 3 N–H and O–H groups in total. The van der Waals surface area contributed by atoms with Crippen molar-refractivity contribution in [2.75, 3.05) is 13.1 Å². The van der Waals surface area contributed by atoms with Gasteiger partial charge in [-0.05, 0) is 24.6 Å². The minimum atomic E-state index is -0.285. The third-order valence-corrected chi connectivity index (χ3v) is 2.45. The van der Waals surface area contributed by atoms with Gasteiger partial charge in [-0.2, -0.15) is 0 Å². The first-order chi connectivity index (χ1) is 6.68. The average molecular weight is 196 g/mol. The largest absolute Gasteiger partial charge is 0.508 e. The van der Waals surface area contributed by atoms with Crippen LogP contribution in [0.25, 0.3) is 0 Å². The molecule has 0 aliphatic carbocycles. The first-order valence-electron chi connectivity index (χ1n) is 4.64. The van der Waals surface area contributed by atoms with Crippen LogP contribution >= 0.6 is 0 Å². The Hall–Kier alpha value is -1.13. The Balaban J connectivity index is 2.37. The van der Waals surface area contributed by atoms with E-state index in [0.29, 0.717) is 11.1 Å². The highest BCUT2D eigenvalue weighted by atomic mass is 19.1. The van der Waals surface area contributed by atoms with E-state index in [1.54, 1.807) is 6.92 Å². The van der Waals surface area contributed by atoms with Crippen molar-refractivity contribution < 1.29 is 9.50 Å². The van der Waals surface area contributed by atoms with Crippen LogP contribution in [0.15, 0.2) is 12.1 Å². The molecular weight excluding hydrogens is 183 g/mol. The highest BCUT2D eigenvalue weighted by Crippen LogP contribution is 2.25. The second-order valence-corrected chi connectivity index (χ2v) is 3.50. The first-order valence-corrected chi connectivity index (χ1v) is 4.64. The molecule has 1 aromatic carbocycles. The molecule has 0 aromatic heterocycles. The van der Waals surface area contributed by atoms with Gasteiger partial charge >= 0.3 is 0 Å². The molecular formula is C10H13FN2O. The quantitative estimate of drug-likeness (QED) is 0.628. The molecule has 1 aliphatic heterocycles. The Bertz CT molecular complexity index is 348. The summed E-state index contributed by atoms with van der Waals surface area (Å²) in [4.78, 5) is 0. The summed E-state index contributed by atoms with van der Waals surface area (Å²) in [7, 11) is 0. The Morgan fingerprint density at radius 3 is 2.64 bits per heavy atom. The molecule has 3 nitrogen and oxygen atoms in total. The monoisotopic (exact) mass is 196 g/mol. The summed E-state index contributed by atoms with van der Waals surface area (Å²) in [6.45, 7) is 3.31. The fourth-order valence-corrected chi connectivity index (χ4v) is 1.62. The maximum Gasteiger partial charge on any atom is 0.129 e. The van der Waals surface area contributed by atoms with Crippen molar-refractivity contribution in [1.82, 2.24) is 10.6 Å². The van der Waals surface area contributed by atoms with Crippen molar-refractivity contribution in [2.24, 2.45) is 0 Å². The molecule has 4 heteroatoms. The number of aryl methyl sites for hydroxylation is 1. The Kier molecular flexibility index (Phi) is 2.39. The van der Waals surface area contributed by atoms with Gasteiger partial charge in [0.1, 0.15) is 11.6 Å². The smallest absolute Gasteiger partial charge is 0.129 e. The fourth-order valence-electron chi connectivity index (χ4n) is 1.62. The number of phenols is 1. The van der Waals surface area contributed by atoms with Gasteiger partial charge in [0.2, 0.25) is 0 Å². The van der Waals surface area contributed by atoms with Crippen molar-refractivity contribution in [2.45, 2.75) is 13.1 Å². The summed E-state index contributed by atoms with van der Waals surface area (Å²) < 4.78 is 13.5. The van der Waals surface area contributed by atoms with Gasteiger partial charge in [0.15, 0.2) is 0 Å². The van der Waals surface area contributed by atoms with Gasteiger partial charge in [0.25, 0.3) is 0 Å². The van der Waals surface area contributed by atoms with Crippen LogP contribution < -0.4 is 10.6 Å². The number of aromatic hydroxyl groups is 1. The van der Waals surface area contributed by atoms with Crippen LogP contribution in [-0.4, -0.2) is 18.2 Å². The third kappa shape index (κ3) is 1.58. The van der Waals surface area contributed by atoms with E-state index in [9.17, 15) is 9.50 Å². The molecule has 2 rings (SSSR count). The molecule has 0 radical (unpaired) electrons. The van der Waals surface area contributed by atoms with E-state index >= 15 is 0 Å². The van der Waals surface area contributed by atoms with Gasteiger partial charge in [-0.3, -0.25) is 10.6 Å². The van der Waals surface area contributed by atoms with Gasteiger partial charge < -0.3 is 5.11 Å². The number of benzene rings is 1. The summed E-state index contributed by atoms with van der Waals surface area (Å²) >= 11 is 0. The number of rotatable bonds is 1. The van der Waals surface area contributed by atoms with Crippen LogP contribution in [0, 0.1) is 12.7 Å². The molecule has 1 heterocycles. The van der Waals surface area contributed by atoms with Crippen LogP contribution in [0.5, 0.6) is 5.75 Å². The lowest BCUT2D eigenvalue weighted by Crippen LogP contribution is -2.22. The van der Waals surface area contributed by atoms with E-state index < -0.39 is 0 Å². The van der Waals surface area contributed by atoms with Crippen LogP contribution in [-0.2, 0) is 0 Å². The van der Waals surface area contributed by atoms with E-state index in [0.717, 1.165) is 13.1 Å². The van der Waals surface area contributed by atoms with Crippen LogP contribution in [0.3, 0.4) is 0 Å². The zero-order valence-electron chi connectivity index (χ0n) is 7.97. The maximum atomic E-state index is 13.5. The van der Waals surface area contributed by atoms with Crippen molar-refractivity contribution in [1.29, 1.82) is 0 Å². The first kappa shape index (κ1) is 9.43. The number of hydrogen-bond donors (Lipinski definition) is 3. The van der Waals surface area contributed by atoms with Crippen LogP contribution in [0.2, 0.25) is 0 Å². The summed E-state index contributed by atoms with van der Waals surface area (Å²) in [5, 5.41) is 15.7. The molecule has 0 amide bonds. The van der Waals surface area contributed by atoms with Gasteiger partial charge in [-0.1, -0.05) is 0 Å². The second kappa shape index (κ2) is 3.55. The second-order valence-electron chi connectivity index (χ2n) is 3.50. The van der Waals surface area contributed by atoms with Crippen LogP contribution in [0.1, 0.15) is 17.3 Å². The molecule has 0 unspecified atom stereocenters. The van der Waals surface area contributed by atoms with E-state index in [2.05, 4.69) is 10.6 Å². The Labute approximate surface area is 81.9 Å². The predicted molar refractivity (Wildman–Crippen MR) is 51.5 cm³/mol. The minimum Gasteiger partial charge on any atom is -0.508 e. The fraction of sp³-hybridized carbons (Fsp3) is 0.400. The van der Waals surface area contributed by atoms with E-state index in [-0.39, 0.29) is 17.7 Å². The summed E-state index contributed by atoms with van der Waals surface area (Å²) in [6.07, 6.45) is -0.179. The lowest BCUT2D eigenvalue weighted by Gasteiger charge is -2.13. The zero-order chi connectivity index (χ0) is 10.1. The third-order valence-electron chi connectivity index (χ3n) is 2.45. The topological polar surface area (TPSA) is 44.3 Å². The highest BCUT2D eigenvalue weighted by Gasteiger charge is 2.19. The molecule has 0 saturated carbocycles. The Morgan fingerprint density at radius 1 is 1.36 bits per heavy atom. The van der Waals surface area contributed by atoms with Crippen molar-refractivity contribution in [3.05, 3.63) is 29.1 Å². The van der Waals surface area contributed by atoms with Crippen LogP contribution in [0.4, 0.5) is 4.39 Å². The van der Waals surface area contributed by atoms with E-state index in [1.165, 1.54) is 12.1 Å². The standard InChI is InChI=1S/C10H13FN2O/c1-6-4-8(11)7(5-9(6)14)10-12-2-3-13-10/h4-5,10,12-14H,2-3H2,1H3. The van der Waals surface area contributed by atoms with Gasteiger partial charge in [-0.15, -0.1) is 0 Å². The predicted octanol–water partition coefficient (Wildman–Crippen LogP) is 1.03. The van der Waals surface area contributed by atoms with Crippen molar-refractivity contribution in [3.63, 3.8) is 0 Å². The normalized spacial score (nSPS) is 17.6. The molecule has 0 atom stereocenters. The van der Waals surface area contributed by atoms with Gasteiger partial charge in [-0.25, -0.2) is 4.39 Å². The molecule has 1 saturated heterocycles. The molecule has 76 valence electrons. The molecule has 1 aliphatic rings. The summed E-state index contributed by atoms with van der Waals surface area (Å²) in [6, 6.07) is 2.83. The summed E-state index contributed by atoms with van der Waals surface area (Å²) in [5.74, 6) is -0.149. The zero-order valence-corrected chi connectivity index (χ0v) is 7.97. The van der Waals surface area contributed by atoms with Crippen molar-refractivity contribution in [3.8, 4) is 5.75 Å². The SMILES string of the molecule is Cc1cc(F)c(C2NCCN2)cc1O. The number of hydrogen-bond acceptors (Lipinski definition) is 3.